The Kier molecular flexibility index (Phi) is 3.92. The van der Waals surface area contributed by atoms with Gasteiger partial charge in [-0.05, 0) is 12.5 Å². The molecule has 2 aromatic rings. The third kappa shape index (κ3) is 2.98. The van der Waals surface area contributed by atoms with E-state index >= 15 is 0 Å². The third-order valence-electron chi connectivity index (χ3n) is 4.02. The summed E-state index contributed by atoms with van der Waals surface area (Å²) in [5.74, 6) is 0.100. The van der Waals surface area contributed by atoms with E-state index in [4.69, 9.17) is 5.73 Å². The Balaban J connectivity index is 1.98. The minimum Gasteiger partial charge on any atom is -0.369 e. The second-order valence-electron chi connectivity index (χ2n) is 5.49. The number of nitrogens with zero attached hydrogens (tertiary/aromatic N) is 3. The highest BCUT2D eigenvalue weighted by Crippen LogP contribution is 2.31. The van der Waals surface area contributed by atoms with E-state index in [2.05, 4.69) is 4.98 Å². The monoisotopic (exact) mass is 312 g/mol. The zero-order valence-corrected chi connectivity index (χ0v) is 12.4. The van der Waals surface area contributed by atoms with Crippen LogP contribution in [0.3, 0.4) is 0 Å². The molecule has 1 aromatic carbocycles. The molecule has 118 valence electrons. The molecule has 0 radical (unpaired) electrons. The Bertz CT molecular complexity index is 748. The number of carbonyl (C=O) groups excluding carboxylic acids is 1. The number of carbonyl (C=O) groups is 1. The van der Waals surface area contributed by atoms with Gasteiger partial charge >= 0.3 is 0 Å². The van der Waals surface area contributed by atoms with Crippen LogP contribution >= 0.6 is 0 Å². The number of anilines is 1. The van der Waals surface area contributed by atoms with E-state index in [0.717, 1.165) is 0 Å². The quantitative estimate of drug-likeness (QED) is 0.687. The zero-order chi connectivity index (χ0) is 16.4. The van der Waals surface area contributed by atoms with E-state index in [9.17, 15) is 14.9 Å². The minimum atomic E-state index is -0.435. The average molecular weight is 312 g/mol. The van der Waals surface area contributed by atoms with Crippen LogP contribution in [0.2, 0.25) is 0 Å². The van der Waals surface area contributed by atoms with E-state index in [1.54, 1.807) is 18.2 Å². The molecule has 7 nitrogen and oxygen atoms in total. The molecule has 2 N–H and O–H groups in total. The third-order valence-corrected chi connectivity index (χ3v) is 4.02. The predicted octanol–water partition coefficient (Wildman–Crippen LogP) is 1.97. The molecule has 0 bridgehead atoms. The van der Waals surface area contributed by atoms with Crippen LogP contribution in [0, 0.1) is 16.0 Å². The molecule has 1 fully saturated rings. The number of nitrogens with two attached hydrogens (primary N) is 1. The highest BCUT2D eigenvalue weighted by Gasteiger charge is 2.28. The maximum absolute atomic E-state index is 11.3. The van der Waals surface area contributed by atoms with E-state index in [-0.39, 0.29) is 17.5 Å². The summed E-state index contributed by atoms with van der Waals surface area (Å²) in [6, 6.07) is 12.1. The van der Waals surface area contributed by atoms with Gasteiger partial charge in [0.05, 0.1) is 10.8 Å². The summed E-state index contributed by atoms with van der Waals surface area (Å²) in [7, 11) is 0. The molecule has 0 unspecified atom stereocenters. The largest absolute Gasteiger partial charge is 0.369 e. The number of aromatic nitrogens is 1. The maximum atomic E-state index is 11.3. The standard InChI is InChI=1S/C16H16N4O3/c17-16(21)12-8-9-19(10-12)14-7-6-13(20(22)23)15(18-14)11-4-2-1-3-5-11/h1-7,12H,8-10H2,(H2,17,21)/t12-/m0/s1. The van der Waals surface area contributed by atoms with Crippen molar-refractivity contribution in [3.8, 4) is 11.3 Å². The molecule has 1 amide bonds. The van der Waals surface area contributed by atoms with Gasteiger partial charge in [0.2, 0.25) is 5.91 Å². The Hall–Kier alpha value is -2.96. The van der Waals surface area contributed by atoms with Crippen LogP contribution < -0.4 is 10.6 Å². The van der Waals surface area contributed by atoms with E-state index < -0.39 is 4.92 Å². The van der Waals surface area contributed by atoms with E-state index in [1.807, 2.05) is 23.1 Å². The van der Waals surface area contributed by atoms with Gasteiger partial charge in [0.1, 0.15) is 5.82 Å². The zero-order valence-electron chi connectivity index (χ0n) is 12.4. The molecule has 0 saturated carbocycles. The molecule has 1 aliphatic rings. The van der Waals surface area contributed by atoms with Gasteiger partial charge in [-0.3, -0.25) is 14.9 Å². The second-order valence-corrected chi connectivity index (χ2v) is 5.49. The van der Waals surface area contributed by atoms with Gasteiger partial charge < -0.3 is 10.6 Å². The number of hydrogen-bond acceptors (Lipinski definition) is 5. The topological polar surface area (TPSA) is 102 Å². The normalized spacial score (nSPS) is 17.2. The summed E-state index contributed by atoms with van der Waals surface area (Å²) in [6.07, 6.45) is 0.675. The van der Waals surface area contributed by atoms with Crippen molar-refractivity contribution in [2.75, 3.05) is 18.0 Å². The molecule has 1 aliphatic heterocycles. The lowest BCUT2D eigenvalue weighted by Crippen LogP contribution is -2.27. The van der Waals surface area contributed by atoms with Crippen molar-refractivity contribution in [3.05, 3.63) is 52.6 Å². The predicted molar refractivity (Wildman–Crippen MR) is 85.8 cm³/mol. The van der Waals surface area contributed by atoms with Crippen LogP contribution in [0.1, 0.15) is 6.42 Å². The first-order chi connectivity index (χ1) is 11.1. The van der Waals surface area contributed by atoms with Crippen molar-refractivity contribution in [2.45, 2.75) is 6.42 Å². The van der Waals surface area contributed by atoms with Crippen molar-refractivity contribution in [3.63, 3.8) is 0 Å². The van der Waals surface area contributed by atoms with Gasteiger partial charge in [0.25, 0.3) is 5.69 Å². The highest BCUT2D eigenvalue weighted by atomic mass is 16.6. The van der Waals surface area contributed by atoms with Gasteiger partial charge in [-0.2, -0.15) is 0 Å². The molecular weight excluding hydrogens is 296 g/mol. The molecule has 2 heterocycles. The maximum Gasteiger partial charge on any atom is 0.295 e. The number of hydrogen-bond donors (Lipinski definition) is 1. The molecular formula is C16H16N4O3. The van der Waals surface area contributed by atoms with Crippen LogP contribution in [0.4, 0.5) is 11.5 Å². The average Bonchev–Trinajstić information content (AvgIpc) is 3.05. The van der Waals surface area contributed by atoms with Gasteiger partial charge in [-0.25, -0.2) is 4.98 Å². The first-order valence-corrected chi connectivity index (χ1v) is 7.31. The summed E-state index contributed by atoms with van der Waals surface area (Å²) in [4.78, 5) is 28.5. The van der Waals surface area contributed by atoms with E-state index in [0.29, 0.717) is 36.6 Å². The molecule has 0 spiro atoms. The fraction of sp³-hybridized carbons (Fsp3) is 0.250. The van der Waals surface area contributed by atoms with Crippen LogP contribution in [0.25, 0.3) is 11.3 Å². The SMILES string of the molecule is NC(=O)[C@H]1CCN(c2ccc([N+](=O)[O-])c(-c3ccccc3)n2)C1. The molecule has 7 heteroatoms. The fourth-order valence-electron chi connectivity index (χ4n) is 2.77. The van der Waals surface area contributed by atoms with Crippen LogP contribution in [-0.2, 0) is 4.79 Å². The number of amides is 1. The van der Waals surface area contributed by atoms with Gasteiger partial charge in [-0.15, -0.1) is 0 Å². The first kappa shape index (κ1) is 15.0. The summed E-state index contributed by atoms with van der Waals surface area (Å²) in [5, 5.41) is 11.3. The van der Waals surface area contributed by atoms with Crippen molar-refractivity contribution in [1.29, 1.82) is 0 Å². The second kappa shape index (κ2) is 6.04. The summed E-state index contributed by atoms with van der Waals surface area (Å²) in [5.41, 5.74) is 6.33. The molecule has 0 aliphatic carbocycles. The van der Waals surface area contributed by atoms with Crippen LogP contribution in [0.15, 0.2) is 42.5 Å². The van der Waals surface area contributed by atoms with Gasteiger partial charge in [-0.1, -0.05) is 30.3 Å². The number of primary amides is 1. The number of rotatable bonds is 4. The van der Waals surface area contributed by atoms with Crippen molar-refractivity contribution < 1.29 is 9.72 Å². The Labute approximate surface area is 132 Å². The number of benzene rings is 1. The number of nitro groups is 1. The number of pyridine rings is 1. The minimum absolute atomic E-state index is 0.0365. The highest BCUT2D eigenvalue weighted by molar-refractivity contribution is 5.78. The van der Waals surface area contributed by atoms with Crippen LogP contribution in [-0.4, -0.2) is 28.9 Å². The van der Waals surface area contributed by atoms with Crippen molar-refractivity contribution >= 4 is 17.4 Å². The lowest BCUT2D eigenvalue weighted by molar-refractivity contribution is -0.384. The molecule has 1 atom stereocenters. The summed E-state index contributed by atoms with van der Waals surface area (Å²) in [6.45, 7) is 1.15. The lowest BCUT2D eigenvalue weighted by Gasteiger charge is -2.17. The van der Waals surface area contributed by atoms with Gasteiger partial charge in [0.15, 0.2) is 5.69 Å². The van der Waals surface area contributed by atoms with Crippen molar-refractivity contribution in [1.82, 2.24) is 4.98 Å². The smallest absolute Gasteiger partial charge is 0.295 e. The summed E-state index contributed by atoms with van der Waals surface area (Å²) < 4.78 is 0. The first-order valence-electron chi connectivity index (χ1n) is 7.31. The molecule has 1 aromatic heterocycles. The molecule has 23 heavy (non-hydrogen) atoms. The van der Waals surface area contributed by atoms with E-state index in [1.165, 1.54) is 6.07 Å². The van der Waals surface area contributed by atoms with Crippen LogP contribution in [0.5, 0.6) is 0 Å². The Morgan fingerprint density at radius 2 is 2.00 bits per heavy atom. The Morgan fingerprint density at radius 1 is 1.26 bits per heavy atom. The molecule has 3 rings (SSSR count). The van der Waals surface area contributed by atoms with Gasteiger partial charge in [0, 0.05) is 24.7 Å². The molecule has 1 saturated heterocycles. The Morgan fingerprint density at radius 3 is 2.61 bits per heavy atom. The lowest BCUT2D eigenvalue weighted by atomic mass is 10.1. The van der Waals surface area contributed by atoms with Crippen molar-refractivity contribution in [2.24, 2.45) is 11.7 Å². The summed E-state index contributed by atoms with van der Waals surface area (Å²) >= 11 is 0. The fourth-order valence-corrected chi connectivity index (χ4v) is 2.77.